The number of alkyl halides is 1. The third-order valence-corrected chi connectivity index (χ3v) is 5.95. The molecule has 0 fully saturated rings. The summed E-state index contributed by atoms with van der Waals surface area (Å²) in [6, 6.07) is 0. The van der Waals surface area contributed by atoms with Gasteiger partial charge >= 0.3 is 0 Å². The van der Waals surface area contributed by atoms with Crippen LogP contribution < -0.4 is 0 Å². The first-order chi connectivity index (χ1) is 14.4. The Labute approximate surface area is 188 Å². The van der Waals surface area contributed by atoms with Crippen LogP contribution in [-0.4, -0.2) is 32.3 Å². The summed E-state index contributed by atoms with van der Waals surface area (Å²) in [5.74, 6) is 0.786. The molecule has 0 aliphatic rings. The molecule has 0 bridgehead atoms. The molecular formula is C26H53ClO2. The summed E-state index contributed by atoms with van der Waals surface area (Å²) in [5.41, 5.74) is 0. The smallest absolute Gasteiger partial charge is 0.0700 e. The zero-order chi connectivity index (χ0) is 21.1. The van der Waals surface area contributed by atoms with Gasteiger partial charge in [-0.1, -0.05) is 116 Å². The lowest BCUT2D eigenvalue weighted by molar-refractivity contribution is 0.0449. The van der Waals surface area contributed by atoms with E-state index in [0.717, 1.165) is 45.1 Å². The van der Waals surface area contributed by atoms with Crippen LogP contribution in [-0.2, 0) is 9.47 Å². The second kappa shape index (κ2) is 28.2. The Kier molecular flexibility index (Phi) is 28.4. The first-order valence-electron chi connectivity index (χ1n) is 13.1. The third-order valence-electron chi connectivity index (χ3n) is 5.69. The first-order valence-corrected chi connectivity index (χ1v) is 13.7. The molecule has 0 amide bonds. The molecule has 0 unspecified atom stereocenters. The minimum atomic E-state index is 0.744. The van der Waals surface area contributed by atoms with Gasteiger partial charge in [-0.15, -0.1) is 11.6 Å². The summed E-state index contributed by atoms with van der Waals surface area (Å²) in [4.78, 5) is 0. The average Bonchev–Trinajstić information content (AvgIpc) is 2.74. The van der Waals surface area contributed by atoms with Crippen molar-refractivity contribution in [1.82, 2.24) is 0 Å². The molecule has 0 saturated heterocycles. The van der Waals surface area contributed by atoms with Gasteiger partial charge in [-0.2, -0.15) is 0 Å². The summed E-state index contributed by atoms with van der Waals surface area (Å²) in [6.07, 6.45) is 27.4. The number of halogens is 1. The predicted octanol–water partition coefficient (Wildman–Crippen LogP) is 9.08. The van der Waals surface area contributed by atoms with Crippen LogP contribution in [0.3, 0.4) is 0 Å². The number of unbranched alkanes of at least 4 members (excludes halogenated alkanes) is 18. The van der Waals surface area contributed by atoms with Crippen molar-refractivity contribution in [1.29, 1.82) is 0 Å². The van der Waals surface area contributed by atoms with Gasteiger partial charge in [0.15, 0.2) is 0 Å². The summed E-state index contributed by atoms with van der Waals surface area (Å²) in [7, 11) is 0. The van der Waals surface area contributed by atoms with E-state index >= 15 is 0 Å². The highest BCUT2D eigenvalue weighted by atomic mass is 35.5. The predicted molar refractivity (Wildman–Crippen MR) is 130 cm³/mol. The van der Waals surface area contributed by atoms with Gasteiger partial charge in [0, 0.05) is 19.1 Å². The molecule has 0 atom stereocenters. The van der Waals surface area contributed by atoms with Gasteiger partial charge in [0.2, 0.25) is 0 Å². The van der Waals surface area contributed by atoms with Crippen LogP contribution in [0.25, 0.3) is 0 Å². The summed E-state index contributed by atoms with van der Waals surface area (Å²) in [6.45, 7) is 5.55. The van der Waals surface area contributed by atoms with Crippen LogP contribution in [0.4, 0.5) is 0 Å². The van der Waals surface area contributed by atoms with E-state index in [1.165, 1.54) is 116 Å². The number of rotatable bonds is 26. The molecule has 0 rings (SSSR count). The fourth-order valence-electron chi connectivity index (χ4n) is 3.73. The fraction of sp³-hybridized carbons (Fsp3) is 1.00. The highest BCUT2D eigenvalue weighted by molar-refractivity contribution is 6.17. The van der Waals surface area contributed by atoms with Gasteiger partial charge in [-0.05, 0) is 19.3 Å². The normalized spacial score (nSPS) is 11.4. The first kappa shape index (κ1) is 29.2. The maximum absolute atomic E-state index is 5.66. The quantitative estimate of drug-likeness (QED) is 0.100. The lowest BCUT2D eigenvalue weighted by Crippen LogP contribution is -2.06. The van der Waals surface area contributed by atoms with E-state index in [4.69, 9.17) is 21.1 Å². The zero-order valence-corrected chi connectivity index (χ0v) is 20.6. The molecule has 0 aromatic heterocycles. The molecule has 29 heavy (non-hydrogen) atoms. The summed E-state index contributed by atoms with van der Waals surface area (Å²) in [5, 5.41) is 0. The highest BCUT2D eigenvalue weighted by Gasteiger charge is 1.96. The van der Waals surface area contributed by atoms with Crippen molar-refractivity contribution in [2.75, 3.05) is 32.3 Å². The molecule has 0 aliphatic heterocycles. The maximum atomic E-state index is 5.66. The topological polar surface area (TPSA) is 18.5 Å². The van der Waals surface area contributed by atoms with E-state index in [1.807, 2.05) is 0 Å². The van der Waals surface area contributed by atoms with Crippen LogP contribution in [0.1, 0.15) is 135 Å². The van der Waals surface area contributed by atoms with E-state index in [9.17, 15) is 0 Å². The largest absolute Gasteiger partial charge is 0.379 e. The molecule has 3 heteroatoms. The van der Waals surface area contributed by atoms with Gasteiger partial charge in [0.1, 0.15) is 0 Å². The fourth-order valence-corrected chi connectivity index (χ4v) is 3.92. The van der Waals surface area contributed by atoms with Crippen molar-refractivity contribution in [3.8, 4) is 0 Å². The Balaban J connectivity index is 2.97. The standard InChI is InChI=1S/C26H53ClO2/c1-2-3-4-5-6-7-8-9-10-11-12-13-14-15-17-20-23-28-25-26-29-24-21-18-16-19-22-27/h2-26H2,1H3. The van der Waals surface area contributed by atoms with E-state index in [0.29, 0.717) is 0 Å². The Morgan fingerprint density at radius 1 is 0.379 bits per heavy atom. The van der Waals surface area contributed by atoms with Crippen LogP contribution >= 0.6 is 11.6 Å². The van der Waals surface area contributed by atoms with Crippen LogP contribution in [0.15, 0.2) is 0 Å². The Morgan fingerprint density at radius 2 is 0.690 bits per heavy atom. The lowest BCUT2D eigenvalue weighted by atomic mass is 10.0. The lowest BCUT2D eigenvalue weighted by Gasteiger charge is -2.06. The molecular weight excluding hydrogens is 380 g/mol. The highest BCUT2D eigenvalue weighted by Crippen LogP contribution is 2.13. The molecule has 176 valence electrons. The summed E-state index contributed by atoms with van der Waals surface area (Å²) >= 11 is 5.66. The van der Waals surface area contributed by atoms with Crippen molar-refractivity contribution >= 4 is 11.6 Å². The van der Waals surface area contributed by atoms with Gasteiger partial charge in [-0.25, -0.2) is 0 Å². The zero-order valence-electron chi connectivity index (χ0n) is 19.9. The average molecular weight is 433 g/mol. The van der Waals surface area contributed by atoms with Crippen molar-refractivity contribution in [2.45, 2.75) is 135 Å². The van der Waals surface area contributed by atoms with Crippen LogP contribution in [0, 0.1) is 0 Å². The van der Waals surface area contributed by atoms with E-state index < -0.39 is 0 Å². The van der Waals surface area contributed by atoms with Crippen molar-refractivity contribution in [2.24, 2.45) is 0 Å². The SMILES string of the molecule is CCCCCCCCCCCCCCCCCCOCCOCCCCCCCl. The Morgan fingerprint density at radius 3 is 1.03 bits per heavy atom. The van der Waals surface area contributed by atoms with Gasteiger partial charge in [0.05, 0.1) is 13.2 Å². The molecule has 2 nitrogen and oxygen atoms in total. The Bertz CT molecular complexity index is 247. The molecule has 0 aromatic rings. The summed E-state index contributed by atoms with van der Waals surface area (Å²) < 4.78 is 11.2. The molecule has 0 aromatic carbocycles. The van der Waals surface area contributed by atoms with Crippen molar-refractivity contribution in [3.05, 3.63) is 0 Å². The third kappa shape index (κ3) is 28.2. The number of ether oxygens (including phenoxy) is 2. The van der Waals surface area contributed by atoms with Crippen LogP contribution in [0.5, 0.6) is 0 Å². The second-order valence-corrected chi connectivity index (χ2v) is 9.01. The van der Waals surface area contributed by atoms with Crippen molar-refractivity contribution in [3.63, 3.8) is 0 Å². The van der Waals surface area contributed by atoms with E-state index in [1.54, 1.807) is 0 Å². The molecule has 0 aliphatic carbocycles. The number of hydrogen-bond donors (Lipinski definition) is 0. The van der Waals surface area contributed by atoms with Gasteiger partial charge in [-0.3, -0.25) is 0 Å². The molecule has 0 saturated carbocycles. The van der Waals surface area contributed by atoms with Gasteiger partial charge in [0.25, 0.3) is 0 Å². The monoisotopic (exact) mass is 432 g/mol. The van der Waals surface area contributed by atoms with E-state index in [-0.39, 0.29) is 0 Å². The van der Waals surface area contributed by atoms with Crippen LogP contribution in [0.2, 0.25) is 0 Å². The minimum absolute atomic E-state index is 0.744. The maximum Gasteiger partial charge on any atom is 0.0700 e. The number of hydrogen-bond acceptors (Lipinski definition) is 2. The second-order valence-electron chi connectivity index (χ2n) is 8.63. The van der Waals surface area contributed by atoms with E-state index in [2.05, 4.69) is 6.92 Å². The molecule has 0 spiro atoms. The minimum Gasteiger partial charge on any atom is -0.379 e. The van der Waals surface area contributed by atoms with Crippen molar-refractivity contribution < 1.29 is 9.47 Å². The molecule has 0 N–H and O–H groups in total. The molecule has 0 heterocycles. The van der Waals surface area contributed by atoms with Gasteiger partial charge < -0.3 is 9.47 Å². The Hall–Kier alpha value is 0.210. The molecule has 0 radical (unpaired) electrons.